The van der Waals surface area contributed by atoms with E-state index in [-0.39, 0.29) is 0 Å². The molecule has 0 fully saturated rings. The van der Waals surface area contributed by atoms with Crippen LogP contribution >= 0.6 is 0 Å². The van der Waals surface area contributed by atoms with Gasteiger partial charge in [0.15, 0.2) is 10.7 Å². The third-order valence-electron chi connectivity index (χ3n) is 2.56. The molecule has 1 aromatic carbocycles. The number of benzene rings is 1. The normalized spacial score (nSPS) is 11.1. The third-order valence-corrected chi connectivity index (χ3v) is 3.28. The molecule has 0 amide bonds. The van der Waals surface area contributed by atoms with Crippen LogP contribution in [0, 0.1) is 0 Å². The van der Waals surface area contributed by atoms with E-state index in [9.17, 15) is 8.42 Å². The molecule has 0 spiro atoms. The van der Waals surface area contributed by atoms with Crippen LogP contribution in [-0.4, -0.2) is 8.42 Å². The fourth-order valence-electron chi connectivity index (χ4n) is 1.63. The van der Waals surface area contributed by atoms with Gasteiger partial charge >= 0.3 is 0 Å². The number of hydrogen-bond acceptors (Lipinski definition) is 2. The second kappa shape index (κ2) is 5.15. The van der Waals surface area contributed by atoms with E-state index >= 15 is 0 Å². The van der Waals surface area contributed by atoms with Gasteiger partial charge in [-0.15, -0.1) is 0 Å². The zero-order valence-corrected chi connectivity index (χ0v) is 9.46. The predicted molar refractivity (Wildman–Crippen MR) is 58.3 cm³/mol. The van der Waals surface area contributed by atoms with Crippen LogP contribution in [-0.2, 0) is 10.7 Å². The maximum Gasteiger partial charge on any atom is 0.168 e. The van der Waals surface area contributed by atoms with Gasteiger partial charge in [0.2, 0.25) is 0 Å². The van der Waals surface area contributed by atoms with Gasteiger partial charge in [0.1, 0.15) is 0 Å². The van der Waals surface area contributed by atoms with E-state index in [1.54, 1.807) is 12.1 Å². The average Bonchev–Trinajstić information content (AvgIpc) is 2.20. The minimum atomic E-state index is -2.44. The Morgan fingerprint density at radius 1 is 1.07 bits per heavy atom. The Morgan fingerprint density at radius 2 is 1.57 bits per heavy atom. The van der Waals surface area contributed by atoms with E-state index in [0.29, 0.717) is 10.8 Å². The van der Waals surface area contributed by atoms with E-state index < -0.39 is 10.7 Å². The van der Waals surface area contributed by atoms with Crippen molar-refractivity contribution in [1.29, 1.82) is 0 Å². The Labute approximate surface area is 86.9 Å². The lowest BCUT2D eigenvalue weighted by Gasteiger charge is -2.12. The molecular weight excluding hydrogens is 196 g/mol. The summed E-state index contributed by atoms with van der Waals surface area (Å²) in [5.41, 5.74) is 1.23. The zero-order chi connectivity index (χ0) is 10.6. The molecule has 2 nitrogen and oxygen atoms in total. The fourth-order valence-corrected chi connectivity index (χ4v) is 2.02. The van der Waals surface area contributed by atoms with Crippen LogP contribution in [0.2, 0.25) is 0 Å². The maximum atomic E-state index is 10.7. The molecule has 0 bridgehead atoms. The van der Waals surface area contributed by atoms with Gasteiger partial charge in [-0.2, -0.15) is 0 Å². The van der Waals surface area contributed by atoms with Crippen molar-refractivity contribution in [2.75, 3.05) is 0 Å². The maximum absolute atomic E-state index is 10.7. The minimum Gasteiger partial charge on any atom is -0.227 e. The van der Waals surface area contributed by atoms with Crippen LogP contribution in [0.15, 0.2) is 29.2 Å². The quantitative estimate of drug-likeness (QED) is 0.778. The third kappa shape index (κ3) is 2.58. The van der Waals surface area contributed by atoms with Gasteiger partial charge in [-0.05, 0) is 36.5 Å². The summed E-state index contributed by atoms with van der Waals surface area (Å²) in [6.45, 7) is 4.30. The van der Waals surface area contributed by atoms with Gasteiger partial charge in [-0.1, -0.05) is 26.0 Å². The van der Waals surface area contributed by atoms with E-state index in [4.69, 9.17) is 0 Å². The highest BCUT2D eigenvalue weighted by molar-refractivity contribution is 7.72. The Hall–Kier alpha value is -0.830. The van der Waals surface area contributed by atoms with Crippen molar-refractivity contribution in [3.8, 4) is 0 Å². The van der Waals surface area contributed by atoms with Crippen molar-refractivity contribution in [3.05, 3.63) is 29.8 Å². The smallest absolute Gasteiger partial charge is 0.168 e. The van der Waals surface area contributed by atoms with Crippen molar-refractivity contribution < 1.29 is 8.42 Å². The van der Waals surface area contributed by atoms with Gasteiger partial charge in [0, 0.05) is 0 Å². The molecule has 0 saturated heterocycles. The second-order valence-electron chi connectivity index (χ2n) is 3.36. The van der Waals surface area contributed by atoms with Crippen LogP contribution in [0.25, 0.3) is 0 Å². The predicted octanol–water partition coefficient (Wildman–Crippen LogP) is 2.56. The van der Waals surface area contributed by atoms with Crippen LogP contribution in [0.5, 0.6) is 0 Å². The molecule has 0 aliphatic heterocycles. The molecule has 0 heterocycles. The second-order valence-corrected chi connectivity index (χ2v) is 4.39. The average molecular weight is 212 g/mol. The van der Waals surface area contributed by atoms with Crippen LogP contribution in [0.4, 0.5) is 0 Å². The van der Waals surface area contributed by atoms with Gasteiger partial charge in [0.05, 0.1) is 4.90 Å². The van der Waals surface area contributed by atoms with E-state index in [2.05, 4.69) is 13.8 Å². The highest BCUT2D eigenvalue weighted by Crippen LogP contribution is 2.23. The molecule has 1 aromatic rings. The Bertz CT molecular complexity index is 340. The first-order chi connectivity index (χ1) is 6.69. The molecule has 0 radical (unpaired) electrons. The minimum absolute atomic E-state index is 0.398. The first-order valence-electron chi connectivity index (χ1n) is 4.93. The summed E-state index contributed by atoms with van der Waals surface area (Å²) in [4.78, 5) is 0.398. The molecule has 0 saturated carbocycles. The Kier molecular flexibility index (Phi) is 4.14. The fraction of sp³-hybridized carbons (Fsp3) is 0.455. The van der Waals surface area contributed by atoms with E-state index in [0.717, 1.165) is 12.8 Å². The van der Waals surface area contributed by atoms with Crippen LogP contribution < -0.4 is 0 Å². The molecule has 14 heavy (non-hydrogen) atoms. The molecule has 0 aliphatic carbocycles. The molecule has 3 heteroatoms. The van der Waals surface area contributed by atoms with Crippen molar-refractivity contribution >= 4 is 10.7 Å². The van der Waals surface area contributed by atoms with Crippen molar-refractivity contribution in [1.82, 2.24) is 0 Å². The number of rotatable bonds is 4. The summed E-state index contributed by atoms with van der Waals surface area (Å²) in [5.74, 6) is 0.550. The first kappa shape index (κ1) is 11.2. The van der Waals surface area contributed by atoms with Gasteiger partial charge < -0.3 is 0 Å². The summed E-state index contributed by atoms with van der Waals surface area (Å²) in [6.07, 6.45) is 2.19. The molecule has 0 N–H and O–H groups in total. The highest BCUT2D eigenvalue weighted by atomic mass is 32.2. The molecule has 0 aliphatic rings. The number of hydrogen-bond donors (Lipinski definition) is 1. The lowest BCUT2D eigenvalue weighted by atomic mass is 9.94. The van der Waals surface area contributed by atoms with Gasteiger partial charge in [0.25, 0.3) is 0 Å². The summed E-state index contributed by atoms with van der Waals surface area (Å²) in [5, 5.41) is 0. The van der Waals surface area contributed by atoms with Crippen molar-refractivity contribution in [3.63, 3.8) is 0 Å². The van der Waals surface area contributed by atoms with Gasteiger partial charge in [-0.25, -0.2) is 8.42 Å². The van der Waals surface area contributed by atoms with Crippen molar-refractivity contribution in [2.45, 2.75) is 37.5 Å². The van der Waals surface area contributed by atoms with Crippen molar-refractivity contribution in [2.24, 2.45) is 0 Å². The van der Waals surface area contributed by atoms with E-state index in [1.165, 1.54) is 5.56 Å². The Morgan fingerprint density at radius 3 is 1.93 bits per heavy atom. The zero-order valence-electron chi connectivity index (χ0n) is 8.56. The topological polar surface area (TPSA) is 34.1 Å². The standard InChI is InChI=1S/C11H16O2S/c1-3-9(4-2)10-5-7-11(8-6-10)14(12)13/h5-9,14H,3-4H2,1-2H3. The van der Waals surface area contributed by atoms with Crippen LogP contribution in [0.1, 0.15) is 38.2 Å². The molecule has 0 atom stereocenters. The monoisotopic (exact) mass is 212 g/mol. The van der Waals surface area contributed by atoms with Gasteiger partial charge in [-0.3, -0.25) is 0 Å². The largest absolute Gasteiger partial charge is 0.227 e. The molecule has 0 aromatic heterocycles. The molecule has 78 valence electrons. The molecule has 0 unspecified atom stereocenters. The van der Waals surface area contributed by atoms with E-state index in [1.807, 2.05) is 12.1 Å². The SMILES string of the molecule is CCC(CC)c1ccc([SH](=O)=O)cc1. The summed E-state index contributed by atoms with van der Waals surface area (Å²) >= 11 is 0. The first-order valence-corrected chi connectivity index (χ1v) is 6.11. The Balaban J connectivity index is 2.92. The molecule has 1 rings (SSSR count). The lowest BCUT2D eigenvalue weighted by Crippen LogP contribution is -1.95. The lowest BCUT2D eigenvalue weighted by molar-refractivity contribution is 0.614. The number of thiol groups is 1. The molecular formula is C11H16O2S. The van der Waals surface area contributed by atoms with Crippen LogP contribution in [0.3, 0.4) is 0 Å². The summed E-state index contributed by atoms with van der Waals surface area (Å²) in [6, 6.07) is 7.19. The highest BCUT2D eigenvalue weighted by Gasteiger charge is 2.06. The summed E-state index contributed by atoms with van der Waals surface area (Å²) in [7, 11) is -2.44. The summed E-state index contributed by atoms with van der Waals surface area (Å²) < 4.78 is 21.3.